The lowest BCUT2D eigenvalue weighted by molar-refractivity contribution is 0.412. The maximum Gasteiger partial charge on any atom is 0.198 e. The fourth-order valence-corrected chi connectivity index (χ4v) is 2.43. The number of benzene rings is 1. The smallest absolute Gasteiger partial charge is 0.198 e. The summed E-state index contributed by atoms with van der Waals surface area (Å²) in [5.41, 5.74) is 3.46. The van der Waals surface area contributed by atoms with Gasteiger partial charge in [0.1, 0.15) is 12.0 Å². The van der Waals surface area contributed by atoms with Crippen molar-refractivity contribution in [1.82, 2.24) is 10.5 Å². The van der Waals surface area contributed by atoms with Crippen LogP contribution >= 0.6 is 24.0 Å². The Kier molecular flexibility index (Phi) is 5.60. The highest BCUT2D eigenvalue weighted by molar-refractivity contribution is 14.0. The molecule has 1 N–H and O–H groups in total. The van der Waals surface area contributed by atoms with Crippen molar-refractivity contribution in [2.75, 3.05) is 18.0 Å². The van der Waals surface area contributed by atoms with E-state index < -0.39 is 0 Å². The summed E-state index contributed by atoms with van der Waals surface area (Å²) in [6, 6.07) is 10.3. The molecular formula is C15H19IN4O. The van der Waals surface area contributed by atoms with Crippen molar-refractivity contribution < 1.29 is 4.52 Å². The normalized spacial score (nSPS) is 13.8. The van der Waals surface area contributed by atoms with E-state index in [1.54, 1.807) is 6.26 Å². The van der Waals surface area contributed by atoms with Gasteiger partial charge in [0.15, 0.2) is 5.96 Å². The fraction of sp³-hybridized carbons (Fsp3) is 0.333. The van der Waals surface area contributed by atoms with Gasteiger partial charge in [0.2, 0.25) is 0 Å². The number of aliphatic imine (C=N–C) groups is 1. The van der Waals surface area contributed by atoms with Crippen LogP contribution in [0.15, 0.2) is 46.1 Å². The Morgan fingerprint density at radius 3 is 3.00 bits per heavy atom. The van der Waals surface area contributed by atoms with Crippen molar-refractivity contribution in [3.05, 3.63) is 47.9 Å². The Bertz CT molecular complexity index is 597. The summed E-state index contributed by atoms with van der Waals surface area (Å²) >= 11 is 0. The van der Waals surface area contributed by atoms with Gasteiger partial charge >= 0.3 is 0 Å². The summed E-state index contributed by atoms with van der Waals surface area (Å²) in [6.45, 7) is 4.41. The van der Waals surface area contributed by atoms with Crippen LogP contribution < -0.4 is 10.2 Å². The SMILES string of the molecule is CCNC(=NCc1ccon1)N1CCc2ccccc21.I. The van der Waals surface area contributed by atoms with E-state index in [9.17, 15) is 0 Å². The molecule has 21 heavy (non-hydrogen) atoms. The van der Waals surface area contributed by atoms with Crippen molar-refractivity contribution in [1.29, 1.82) is 0 Å². The lowest BCUT2D eigenvalue weighted by Crippen LogP contribution is -2.40. The van der Waals surface area contributed by atoms with Crippen molar-refractivity contribution >= 4 is 35.6 Å². The zero-order valence-corrected chi connectivity index (χ0v) is 14.3. The van der Waals surface area contributed by atoms with E-state index in [0.29, 0.717) is 6.54 Å². The monoisotopic (exact) mass is 398 g/mol. The molecule has 1 aromatic carbocycles. The van der Waals surface area contributed by atoms with Crippen molar-refractivity contribution in [3.8, 4) is 0 Å². The van der Waals surface area contributed by atoms with E-state index in [4.69, 9.17) is 4.52 Å². The standard InChI is InChI=1S/C15H18N4O.HI/c1-2-16-15(17-11-13-8-10-20-18-13)19-9-7-12-5-3-4-6-14(12)19;/h3-6,8,10H,2,7,9,11H2,1H3,(H,16,17);1H. The minimum Gasteiger partial charge on any atom is -0.364 e. The van der Waals surface area contributed by atoms with Gasteiger partial charge < -0.3 is 14.7 Å². The summed E-state index contributed by atoms with van der Waals surface area (Å²) in [5, 5.41) is 7.24. The molecule has 0 saturated heterocycles. The number of anilines is 1. The molecule has 2 aromatic rings. The number of hydrogen-bond donors (Lipinski definition) is 1. The van der Waals surface area contributed by atoms with Crippen LogP contribution in [0.5, 0.6) is 0 Å². The van der Waals surface area contributed by atoms with Gasteiger partial charge in [-0.05, 0) is 25.0 Å². The summed E-state index contributed by atoms with van der Waals surface area (Å²) in [4.78, 5) is 6.88. The molecular weight excluding hydrogens is 379 g/mol. The van der Waals surface area contributed by atoms with E-state index in [-0.39, 0.29) is 24.0 Å². The molecule has 2 heterocycles. The average molecular weight is 398 g/mol. The number of rotatable bonds is 3. The van der Waals surface area contributed by atoms with Crippen LogP contribution in [0.2, 0.25) is 0 Å². The van der Waals surface area contributed by atoms with Gasteiger partial charge in [-0.1, -0.05) is 23.4 Å². The van der Waals surface area contributed by atoms with Gasteiger partial charge in [-0.15, -0.1) is 24.0 Å². The van der Waals surface area contributed by atoms with Crippen LogP contribution in [0.3, 0.4) is 0 Å². The zero-order valence-electron chi connectivity index (χ0n) is 12.0. The van der Waals surface area contributed by atoms with Crippen LogP contribution in [0.25, 0.3) is 0 Å². The molecule has 0 radical (unpaired) electrons. The zero-order chi connectivity index (χ0) is 13.8. The van der Waals surface area contributed by atoms with E-state index in [1.807, 2.05) is 6.07 Å². The van der Waals surface area contributed by atoms with E-state index in [1.165, 1.54) is 11.3 Å². The Labute approximate surface area is 141 Å². The number of para-hydroxylation sites is 1. The molecule has 0 spiro atoms. The second kappa shape index (κ2) is 7.44. The second-order valence-electron chi connectivity index (χ2n) is 4.69. The highest BCUT2D eigenvalue weighted by atomic mass is 127. The molecule has 3 rings (SSSR count). The van der Waals surface area contributed by atoms with Crippen LogP contribution in [0.4, 0.5) is 5.69 Å². The lowest BCUT2D eigenvalue weighted by Gasteiger charge is -2.22. The number of hydrogen-bond acceptors (Lipinski definition) is 3. The molecule has 5 nitrogen and oxygen atoms in total. The van der Waals surface area contributed by atoms with Gasteiger partial charge in [0, 0.05) is 24.8 Å². The molecule has 0 bridgehead atoms. The molecule has 1 aliphatic heterocycles. The molecule has 0 saturated carbocycles. The topological polar surface area (TPSA) is 53.7 Å². The maximum absolute atomic E-state index is 4.84. The summed E-state index contributed by atoms with van der Waals surface area (Å²) in [6.07, 6.45) is 2.63. The Balaban J connectivity index is 0.00000161. The number of aromatic nitrogens is 1. The van der Waals surface area contributed by atoms with E-state index in [0.717, 1.165) is 31.2 Å². The first-order chi connectivity index (χ1) is 9.88. The molecule has 0 unspecified atom stereocenters. The number of fused-ring (bicyclic) bond motifs is 1. The van der Waals surface area contributed by atoms with Crippen LogP contribution in [0.1, 0.15) is 18.2 Å². The number of guanidine groups is 1. The molecule has 0 aliphatic carbocycles. The molecule has 0 amide bonds. The first-order valence-electron chi connectivity index (χ1n) is 6.91. The van der Waals surface area contributed by atoms with Gasteiger partial charge in [-0.25, -0.2) is 4.99 Å². The third-order valence-corrected chi connectivity index (χ3v) is 3.36. The lowest BCUT2D eigenvalue weighted by atomic mass is 10.2. The summed E-state index contributed by atoms with van der Waals surface area (Å²) < 4.78 is 4.84. The van der Waals surface area contributed by atoms with Crippen molar-refractivity contribution in [3.63, 3.8) is 0 Å². The maximum atomic E-state index is 4.84. The van der Waals surface area contributed by atoms with Crippen LogP contribution in [-0.4, -0.2) is 24.2 Å². The molecule has 6 heteroatoms. The van der Waals surface area contributed by atoms with Gasteiger partial charge in [-0.2, -0.15) is 0 Å². The minimum absolute atomic E-state index is 0. The highest BCUT2D eigenvalue weighted by Crippen LogP contribution is 2.27. The summed E-state index contributed by atoms with van der Waals surface area (Å²) in [5.74, 6) is 0.903. The third-order valence-electron chi connectivity index (χ3n) is 3.36. The van der Waals surface area contributed by atoms with Gasteiger partial charge in [0.25, 0.3) is 0 Å². The number of nitrogens with one attached hydrogen (secondary N) is 1. The van der Waals surface area contributed by atoms with Crippen molar-refractivity contribution in [2.24, 2.45) is 4.99 Å². The third kappa shape index (κ3) is 3.55. The number of halogens is 1. The molecule has 0 fully saturated rings. The second-order valence-corrected chi connectivity index (χ2v) is 4.69. The first-order valence-corrected chi connectivity index (χ1v) is 6.91. The Morgan fingerprint density at radius 1 is 1.38 bits per heavy atom. The van der Waals surface area contributed by atoms with E-state index >= 15 is 0 Å². The fourth-order valence-electron chi connectivity index (χ4n) is 2.43. The molecule has 0 atom stereocenters. The Hall–Kier alpha value is -1.57. The largest absolute Gasteiger partial charge is 0.364 e. The van der Waals surface area contributed by atoms with Crippen molar-refractivity contribution in [2.45, 2.75) is 19.9 Å². The Morgan fingerprint density at radius 2 is 2.24 bits per heavy atom. The molecule has 1 aromatic heterocycles. The van der Waals surface area contributed by atoms with Gasteiger partial charge in [0.05, 0.1) is 6.54 Å². The average Bonchev–Trinajstić information content (AvgIpc) is 3.13. The number of nitrogens with zero attached hydrogens (tertiary/aromatic N) is 3. The molecule has 1 aliphatic rings. The van der Waals surface area contributed by atoms with Crippen LogP contribution in [-0.2, 0) is 13.0 Å². The predicted octanol–water partition coefficient (Wildman–Crippen LogP) is 2.82. The quantitative estimate of drug-likeness (QED) is 0.491. The highest BCUT2D eigenvalue weighted by Gasteiger charge is 2.22. The predicted molar refractivity (Wildman–Crippen MR) is 94.2 cm³/mol. The molecule has 112 valence electrons. The first kappa shape index (κ1) is 15.8. The van der Waals surface area contributed by atoms with E-state index in [2.05, 4.69) is 51.6 Å². The van der Waals surface area contributed by atoms with Gasteiger partial charge in [-0.3, -0.25) is 0 Å². The minimum atomic E-state index is 0. The summed E-state index contributed by atoms with van der Waals surface area (Å²) in [7, 11) is 0. The van der Waals surface area contributed by atoms with Crippen LogP contribution in [0, 0.1) is 0 Å².